The van der Waals surface area contributed by atoms with Gasteiger partial charge < -0.3 is 4.98 Å². The predicted molar refractivity (Wildman–Crippen MR) is 83.1 cm³/mol. The molecule has 8 heteroatoms. The number of benzene rings is 1. The van der Waals surface area contributed by atoms with Crippen LogP contribution in [0.3, 0.4) is 0 Å². The Labute approximate surface area is 133 Å². The fourth-order valence-corrected chi connectivity index (χ4v) is 2.42. The Morgan fingerprint density at radius 2 is 1.83 bits per heavy atom. The maximum Gasteiger partial charge on any atom is 0.275 e. The number of nitrogens with zero attached hydrogens (tertiary/aromatic N) is 3. The van der Waals surface area contributed by atoms with Crippen LogP contribution in [0.1, 0.15) is 0 Å². The van der Waals surface area contributed by atoms with Crippen LogP contribution in [0, 0.1) is 11.6 Å². The summed E-state index contributed by atoms with van der Waals surface area (Å²) in [5, 5.41) is 6.36. The minimum atomic E-state index is -0.774. The molecule has 0 atom stereocenters. The second-order valence-electron chi connectivity index (χ2n) is 5.10. The number of H-pyrrole nitrogens is 2. The van der Waals surface area contributed by atoms with E-state index in [4.69, 9.17) is 0 Å². The number of halogens is 2. The van der Waals surface area contributed by atoms with Crippen molar-refractivity contribution in [3.63, 3.8) is 0 Å². The standard InChI is InChI=1S/C16H9F2N5O/c17-9-5-11(18)14-13(6-9)20-15(21-14)10-7-12(22-23-16(10)24)8-1-3-19-4-2-8/h1-7H,(H,20,21)(H,23,24). The monoisotopic (exact) mass is 325 g/mol. The van der Waals surface area contributed by atoms with Crippen LogP contribution in [-0.4, -0.2) is 25.1 Å². The molecule has 3 aromatic heterocycles. The molecule has 3 heterocycles. The zero-order valence-electron chi connectivity index (χ0n) is 12.0. The van der Waals surface area contributed by atoms with E-state index in [9.17, 15) is 13.6 Å². The van der Waals surface area contributed by atoms with Crippen LogP contribution in [-0.2, 0) is 0 Å². The van der Waals surface area contributed by atoms with E-state index >= 15 is 0 Å². The summed E-state index contributed by atoms with van der Waals surface area (Å²) in [6.45, 7) is 0. The lowest BCUT2D eigenvalue weighted by molar-refractivity contribution is 0.591. The molecular formula is C16H9F2N5O. The number of nitrogens with one attached hydrogen (secondary N) is 2. The average Bonchev–Trinajstić information content (AvgIpc) is 3.00. The van der Waals surface area contributed by atoms with Gasteiger partial charge in [0.2, 0.25) is 0 Å². The molecule has 0 saturated carbocycles. The van der Waals surface area contributed by atoms with Crippen LogP contribution < -0.4 is 5.56 Å². The maximum atomic E-state index is 13.8. The van der Waals surface area contributed by atoms with Crippen LogP contribution in [0.5, 0.6) is 0 Å². The summed E-state index contributed by atoms with van der Waals surface area (Å²) in [7, 11) is 0. The zero-order chi connectivity index (χ0) is 16.7. The summed E-state index contributed by atoms with van der Waals surface area (Å²) in [4.78, 5) is 22.8. The van der Waals surface area contributed by atoms with Gasteiger partial charge in [-0.25, -0.2) is 18.9 Å². The Bertz CT molecular complexity index is 1100. The van der Waals surface area contributed by atoms with Gasteiger partial charge in [0.25, 0.3) is 5.56 Å². The van der Waals surface area contributed by atoms with Gasteiger partial charge in [0.1, 0.15) is 17.2 Å². The van der Waals surface area contributed by atoms with Crippen LogP contribution in [0.4, 0.5) is 8.78 Å². The first-order valence-electron chi connectivity index (χ1n) is 6.97. The summed E-state index contributed by atoms with van der Waals surface area (Å²) in [5.41, 5.74) is 1.06. The highest BCUT2D eigenvalue weighted by atomic mass is 19.1. The maximum absolute atomic E-state index is 13.8. The smallest absolute Gasteiger partial charge is 0.275 e. The minimum Gasteiger partial charge on any atom is -0.335 e. The second-order valence-corrected chi connectivity index (χ2v) is 5.10. The first-order chi connectivity index (χ1) is 11.6. The molecule has 24 heavy (non-hydrogen) atoms. The third-order valence-corrected chi connectivity index (χ3v) is 3.54. The number of fused-ring (bicyclic) bond motifs is 1. The van der Waals surface area contributed by atoms with Gasteiger partial charge in [-0.05, 0) is 18.2 Å². The Morgan fingerprint density at radius 1 is 1.04 bits per heavy atom. The minimum absolute atomic E-state index is 0.0353. The molecule has 0 saturated heterocycles. The van der Waals surface area contributed by atoms with Crippen molar-refractivity contribution < 1.29 is 8.78 Å². The van der Waals surface area contributed by atoms with Gasteiger partial charge in [-0.1, -0.05) is 0 Å². The van der Waals surface area contributed by atoms with E-state index in [0.717, 1.165) is 17.7 Å². The fourth-order valence-electron chi connectivity index (χ4n) is 2.42. The van der Waals surface area contributed by atoms with Gasteiger partial charge in [-0.15, -0.1) is 0 Å². The van der Waals surface area contributed by atoms with Crippen LogP contribution in [0.15, 0.2) is 47.5 Å². The van der Waals surface area contributed by atoms with Crippen molar-refractivity contribution in [1.82, 2.24) is 25.1 Å². The third-order valence-electron chi connectivity index (χ3n) is 3.54. The number of imidazole rings is 1. The average molecular weight is 325 g/mol. The number of hydrogen-bond donors (Lipinski definition) is 2. The number of rotatable bonds is 2. The second kappa shape index (κ2) is 5.34. The summed E-state index contributed by atoms with van der Waals surface area (Å²) < 4.78 is 27.1. The zero-order valence-corrected chi connectivity index (χ0v) is 12.0. The van der Waals surface area contributed by atoms with Crippen molar-refractivity contribution in [2.75, 3.05) is 0 Å². The SMILES string of the molecule is O=c1[nH]nc(-c2ccncc2)cc1-c1nc2cc(F)cc(F)c2[nH]1. The molecule has 0 aliphatic heterocycles. The molecular weight excluding hydrogens is 316 g/mol. The van der Waals surface area contributed by atoms with E-state index in [1.807, 2.05) is 0 Å². The number of aromatic nitrogens is 5. The van der Waals surface area contributed by atoms with E-state index < -0.39 is 17.2 Å². The van der Waals surface area contributed by atoms with Crippen molar-refractivity contribution >= 4 is 11.0 Å². The normalized spacial score (nSPS) is 11.1. The van der Waals surface area contributed by atoms with Crippen molar-refractivity contribution in [3.05, 3.63) is 64.7 Å². The van der Waals surface area contributed by atoms with Crippen LogP contribution in [0.2, 0.25) is 0 Å². The Kier molecular flexibility index (Phi) is 3.16. The first-order valence-corrected chi connectivity index (χ1v) is 6.97. The van der Waals surface area contributed by atoms with E-state index in [1.54, 1.807) is 24.5 Å². The summed E-state index contributed by atoms with van der Waals surface area (Å²) in [5.74, 6) is -1.38. The van der Waals surface area contributed by atoms with E-state index in [2.05, 4.69) is 25.1 Å². The van der Waals surface area contributed by atoms with Crippen molar-refractivity contribution in [2.24, 2.45) is 0 Å². The van der Waals surface area contributed by atoms with Gasteiger partial charge in [0, 0.05) is 30.1 Å². The molecule has 0 aliphatic carbocycles. The molecule has 118 valence electrons. The van der Waals surface area contributed by atoms with Crippen LogP contribution >= 0.6 is 0 Å². The highest BCUT2D eigenvalue weighted by molar-refractivity contribution is 5.80. The molecule has 0 amide bonds. The molecule has 4 rings (SSSR count). The predicted octanol–water partition coefficient (Wildman–Crippen LogP) is 2.65. The fraction of sp³-hybridized carbons (Fsp3) is 0. The van der Waals surface area contributed by atoms with Crippen molar-refractivity contribution in [2.45, 2.75) is 0 Å². The molecule has 4 aromatic rings. The van der Waals surface area contributed by atoms with Gasteiger partial charge in [0.05, 0.1) is 16.8 Å². The van der Waals surface area contributed by atoms with E-state index in [0.29, 0.717) is 5.69 Å². The first kappa shape index (κ1) is 14.2. The van der Waals surface area contributed by atoms with Crippen LogP contribution in [0.25, 0.3) is 33.7 Å². The van der Waals surface area contributed by atoms with Gasteiger partial charge >= 0.3 is 0 Å². The number of aromatic amines is 2. The number of hydrogen-bond acceptors (Lipinski definition) is 4. The molecule has 0 bridgehead atoms. The quantitative estimate of drug-likeness (QED) is 0.593. The lowest BCUT2D eigenvalue weighted by Crippen LogP contribution is -2.12. The summed E-state index contributed by atoms with van der Waals surface area (Å²) >= 11 is 0. The molecule has 6 nitrogen and oxygen atoms in total. The van der Waals surface area contributed by atoms with Gasteiger partial charge in [0.15, 0.2) is 5.82 Å². The van der Waals surface area contributed by atoms with Crippen molar-refractivity contribution in [1.29, 1.82) is 0 Å². The molecule has 0 radical (unpaired) electrons. The molecule has 0 aliphatic rings. The molecule has 2 N–H and O–H groups in total. The van der Waals surface area contributed by atoms with E-state index in [-0.39, 0.29) is 22.4 Å². The topological polar surface area (TPSA) is 87.3 Å². The lowest BCUT2D eigenvalue weighted by atomic mass is 10.1. The highest BCUT2D eigenvalue weighted by Gasteiger charge is 2.14. The molecule has 0 unspecified atom stereocenters. The van der Waals surface area contributed by atoms with Crippen molar-refractivity contribution in [3.8, 4) is 22.6 Å². The van der Waals surface area contributed by atoms with E-state index in [1.165, 1.54) is 6.07 Å². The number of pyridine rings is 1. The molecule has 0 fully saturated rings. The Morgan fingerprint density at radius 3 is 2.62 bits per heavy atom. The largest absolute Gasteiger partial charge is 0.335 e. The Balaban J connectivity index is 1.90. The Hall–Kier alpha value is -3.42. The molecule has 0 spiro atoms. The third kappa shape index (κ3) is 2.34. The summed E-state index contributed by atoms with van der Waals surface area (Å²) in [6, 6.07) is 6.84. The molecule has 1 aromatic carbocycles. The lowest BCUT2D eigenvalue weighted by Gasteiger charge is -2.01. The summed E-state index contributed by atoms with van der Waals surface area (Å²) in [6.07, 6.45) is 3.20. The van der Waals surface area contributed by atoms with Gasteiger partial charge in [-0.3, -0.25) is 9.78 Å². The highest BCUT2D eigenvalue weighted by Crippen LogP contribution is 2.23. The van der Waals surface area contributed by atoms with Gasteiger partial charge in [-0.2, -0.15) is 5.10 Å².